The van der Waals surface area contributed by atoms with E-state index in [0.29, 0.717) is 13.2 Å². The highest BCUT2D eigenvalue weighted by Crippen LogP contribution is 2.16. The fourth-order valence-corrected chi connectivity index (χ4v) is 1.47. The Labute approximate surface area is 83.3 Å². The van der Waals surface area contributed by atoms with E-state index in [9.17, 15) is 4.79 Å². The van der Waals surface area contributed by atoms with Gasteiger partial charge in [0.15, 0.2) is 0 Å². The smallest absolute Gasteiger partial charge is 0.253 e. The largest absolute Gasteiger partial charge is 0.370 e. The van der Waals surface area contributed by atoms with Crippen molar-refractivity contribution in [1.29, 1.82) is 0 Å². The van der Waals surface area contributed by atoms with Crippen LogP contribution in [0.3, 0.4) is 0 Å². The fourth-order valence-electron chi connectivity index (χ4n) is 1.47. The number of hydrogen-bond donors (Lipinski definition) is 0. The van der Waals surface area contributed by atoms with E-state index in [1.165, 1.54) is 0 Å². The number of rotatable bonds is 1. The van der Waals surface area contributed by atoms with Gasteiger partial charge in [0.1, 0.15) is 6.61 Å². The molecule has 0 atom stereocenters. The molecule has 0 N–H and O–H groups in total. The van der Waals surface area contributed by atoms with Crippen LogP contribution in [0.15, 0.2) is 24.3 Å². The predicted octanol–water partition coefficient (Wildman–Crippen LogP) is 1.23. The van der Waals surface area contributed by atoms with E-state index in [1.807, 2.05) is 24.3 Å². The first-order valence-corrected chi connectivity index (χ1v) is 4.57. The van der Waals surface area contributed by atoms with Crippen molar-refractivity contribution in [3.8, 4) is 0 Å². The Morgan fingerprint density at radius 3 is 2.64 bits per heavy atom. The number of carbonyl (C=O) groups excluding carboxylic acids is 1. The Balaban J connectivity index is 2.20. The summed E-state index contributed by atoms with van der Waals surface area (Å²) in [6, 6.07) is 7.62. The molecule has 1 aromatic carbocycles. The molecule has 14 heavy (non-hydrogen) atoms. The highest BCUT2D eigenvalue weighted by atomic mass is 16.5. The highest BCUT2D eigenvalue weighted by molar-refractivity contribution is 5.94. The number of ether oxygens (including phenoxy) is 1. The molecule has 2 rings (SSSR count). The third kappa shape index (κ3) is 1.77. The lowest BCUT2D eigenvalue weighted by atomic mass is 10.2. The molecule has 1 heterocycles. The summed E-state index contributed by atoms with van der Waals surface area (Å²) in [6.07, 6.45) is 0. The van der Waals surface area contributed by atoms with Gasteiger partial charge in [0.2, 0.25) is 0 Å². The van der Waals surface area contributed by atoms with E-state index < -0.39 is 0 Å². The minimum Gasteiger partial charge on any atom is -0.370 e. The van der Waals surface area contributed by atoms with Crippen molar-refractivity contribution >= 4 is 11.6 Å². The molecule has 1 aromatic rings. The second-order valence-corrected chi connectivity index (χ2v) is 3.26. The van der Waals surface area contributed by atoms with Gasteiger partial charge >= 0.3 is 0 Å². The first-order valence-electron chi connectivity index (χ1n) is 4.57. The molecular formula is C11H12NO2. The summed E-state index contributed by atoms with van der Waals surface area (Å²) in [4.78, 5) is 13.2. The molecule has 1 aliphatic rings. The summed E-state index contributed by atoms with van der Waals surface area (Å²) < 4.78 is 5.05. The van der Waals surface area contributed by atoms with Gasteiger partial charge in [-0.25, -0.2) is 0 Å². The van der Waals surface area contributed by atoms with Gasteiger partial charge in [-0.2, -0.15) is 0 Å². The average molecular weight is 190 g/mol. The molecule has 3 heteroatoms. The Kier molecular flexibility index (Phi) is 2.50. The van der Waals surface area contributed by atoms with Crippen LogP contribution >= 0.6 is 0 Å². The summed E-state index contributed by atoms with van der Waals surface area (Å²) in [5.74, 6) is 0.0214. The summed E-state index contributed by atoms with van der Waals surface area (Å²) in [7, 11) is 0. The van der Waals surface area contributed by atoms with Gasteiger partial charge in [0.05, 0.1) is 6.61 Å². The van der Waals surface area contributed by atoms with Crippen molar-refractivity contribution in [2.45, 2.75) is 0 Å². The third-order valence-electron chi connectivity index (χ3n) is 2.23. The van der Waals surface area contributed by atoms with E-state index >= 15 is 0 Å². The minimum absolute atomic E-state index is 0.0214. The van der Waals surface area contributed by atoms with Gasteiger partial charge < -0.3 is 9.64 Å². The Hall–Kier alpha value is -1.35. The maximum absolute atomic E-state index is 11.5. The molecule has 1 amide bonds. The van der Waals surface area contributed by atoms with Crippen molar-refractivity contribution in [2.75, 3.05) is 24.7 Å². The lowest BCUT2D eigenvalue weighted by Crippen LogP contribution is -2.41. The molecule has 3 nitrogen and oxygen atoms in total. The van der Waals surface area contributed by atoms with Gasteiger partial charge in [-0.15, -0.1) is 0 Å². The van der Waals surface area contributed by atoms with Gasteiger partial charge in [0, 0.05) is 12.2 Å². The number of nitrogens with zero attached hydrogens (tertiary/aromatic N) is 1. The van der Waals surface area contributed by atoms with Crippen LogP contribution in [0.2, 0.25) is 0 Å². The number of carbonyl (C=O) groups is 1. The van der Waals surface area contributed by atoms with E-state index in [1.54, 1.807) is 4.90 Å². The molecule has 0 bridgehead atoms. The maximum atomic E-state index is 11.5. The number of amides is 1. The Morgan fingerprint density at radius 1 is 1.29 bits per heavy atom. The number of morpholine rings is 1. The molecule has 73 valence electrons. The fraction of sp³-hybridized carbons (Fsp3) is 0.273. The second kappa shape index (κ2) is 3.80. The molecule has 1 saturated heterocycles. The molecule has 1 radical (unpaired) electrons. The standard InChI is InChI=1S/C11H12NO2/c1-9-2-4-10(5-3-9)12-6-7-14-8-11(12)13/h2-5H,1,6-8H2. The molecule has 0 aromatic heterocycles. The van der Waals surface area contributed by atoms with Gasteiger partial charge in [-0.3, -0.25) is 4.79 Å². The SMILES string of the molecule is [CH2]c1ccc(N2CCOCC2=O)cc1. The molecular weight excluding hydrogens is 178 g/mol. The second-order valence-electron chi connectivity index (χ2n) is 3.26. The summed E-state index contributed by atoms with van der Waals surface area (Å²) in [5, 5.41) is 0. The monoisotopic (exact) mass is 190 g/mol. The summed E-state index contributed by atoms with van der Waals surface area (Å²) in [6.45, 7) is 5.23. The number of anilines is 1. The van der Waals surface area contributed by atoms with Crippen LogP contribution in [0.4, 0.5) is 5.69 Å². The molecule has 1 fully saturated rings. The normalized spacial score (nSPS) is 17.2. The molecule has 1 aliphatic heterocycles. The van der Waals surface area contributed by atoms with Crippen molar-refractivity contribution in [3.63, 3.8) is 0 Å². The van der Waals surface area contributed by atoms with Crippen molar-refractivity contribution in [1.82, 2.24) is 0 Å². The van der Waals surface area contributed by atoms with Gasteiger partial charge in [-0.1, -0.05) is 12.1 Å². The molecule has 0 spiro atoms. The lowest BCUT2D eigenvalue weighted by molar-refractivity contribution is -0.125. The van der Waals surface area contributed by atoms with Crippen LogP contribution in [-0.4, -0.2) is 25.7 Å². The van der Waals surface area contributed by atoms with Gasteiger partial charge in [-0.05, 0) is 24.6 Å². The van der Waals surface area contributed by atoms with Crippen LogP contribution in [0.5, 0.6) is 0 Å². The van der Waals surface area contributed by atoms with E-state index in [0.717, 1.165) is 11.3 Å². The quantitative estimate of drug-likeness (QED) is 0.666. The average Bonchev–Trinajstić information content (AvgIpc) is 2.20. The maximum Gasteiger partial charge on any atom is 0.253 e. The Bertz CT molecular complexity index is 332. The summed E-state index contributed by atoms with van der Waals surface area (Å²) >= 11 is 0. The van der Waals surface area contributed by atoms with Crippen LogP contribution in [0.25, 0.3) is 0 Å². The topological polar surface area (TPSA) is 29.5 Å². The van der Waals surface area contributed by atoms with E-state index in [4.69, 9.17) is 4.74 Å². The number of hydrogen-bond acceptors (Lipinski definition) is 2. The first kappa shape index (κ1) is 9.21. The van der Waals surface area contributed by atoms with Crippen LogP contribution in [-0.2, 0) is 9.53 Å². The van der Waals surface area contributed by atoms with Crippen molar-refractivity contribution < 1.29 is 9.53 Å². The van der Waals surface area contributed by atoms with E-state index in [-0.39, 0.29) is 12.5 Å². The van der Waals surface area contributed by atoms with Gasteiger partial charge in [0.25, 0.3) is 5.91 Å². The first-order chi connectivity index (χ1) is 6.77. The van der Waals surface area contributed by atoms with Crippen molar-refractivity contribution in [3.05, 3.63) is 36.8 Å². The Morgan fingerprint density at radius 2 is 2.00 bits per heavy atom. The highest BCUT2D eigenvalue weighted by Gasteiger charge is 2.19. The van der Waals surface area contributed by atoms with E-state index in [2.05, 4.69) is 6.92 Å². The predicted molar refractivity (Wildman–Crippen MR) is 54.1 cm³/mol. The molecule has 0 unspecified atom stereocenters. The third-order valence-corrected chi connectivity index (χ3v) is 2.23. The van der Waals surface area contributed by atoms with Crippen molar-refractivity contribution in [2.24, 2.45) is 0 Å². The molecule has 0 saturated carbocycles. The van der Waals surface area contributed by atoms with Crippen LogP contribution in [0.1, 0.15) is 5.56 Å². The summed E-state index contributed by atoms with van der Waals surface area (Å²) in [5.41, 5.74) is 1.88. The van der Waals surface area contributed by atoms with Crippen LogP contribution < -0.4 is 4.90 Å². The zero-order chi connectivity index (χ0) is 9.97. The zero-order valence-corrected chi connectivity index (χ0v) is 7.90. The zero-order valence-electron chi connectivity index (χ0n) is 7.90. The number of benzene rings is 1. The minimum atomic E-state index is 0.0214. The van der Waals surface area contributed by atoms with Crippen LogP contribution in [0, 0.1) is 6.92 Å². The lowest BCUT2D eigenvalue weighted by Gasteiger charge is -2.26. The molecule has 0 aliphatic carbocycles.